The Bertz CT molecular complexity index is 419. The molecule has 98 valence electrons. The molecule has 1 heterocycles. The number of anilines is 1. The fourth-order valence-corrected chi connectivity index (χ4v) is 2.45. The van der Waals surface area contributed by atoms with Gasteiger partial charge in [-0.3, -0.25) is 4.79 Å². The summed E-state index contributed by atoms with van der Waals surface area (Å²) in [5.74, 6) is 0.278. The topological polar surface area (TPSA) is 79.5 Å². The highest BCUT2D eigenvalue weighted by Gasteiger charge is 2.27. The molecule has 18 heavy (non-hydrogen) atoms. The Labute approximate surface area is 107 Å². The van der Waals surface area contributed by atoms with Crippen molar-refractivity contribution < 1.29 is 9.90 Å². The maximum Gasteiger partial charge on any atom is 0.250 e. The second-order valence-corrected chi connectivity index (χ2v) is 4.80. The van der Waals surface area contributed by atoms with Gasteiger partial charge in [-0.05, 0) is 25.0 Å². The van der Waals surface area contributed by atoms with Crippen molar-refractivity contribution in [2.45, 2.75) is 37.8 Å². The number of hydrogen-bond acceptors (Lipinski definition) is 4. The smallest absolute Gasteiger partial charge is 0.250 e. The standard InChI is InChI=1S/C13H19N3O2/c1-16(10-4-2-3-5-11(10)17)12-7-6-9(8-15-12)13(14)18/h6-8,10-11,17H,2-5H2,1H3,(H2,14,18). The Kier molecular flexibility index (Phi) is 3.81. The number of amides is 1. The average molecular weight is 249 g/mol. The van der Waals surface area contributed by atoms with Crippen molar-refractivity contribution >= 4 is 11.7 Å². The van der Waals surface area contributed by atoms with Crippen LogP contribution in [0, 0.1) is 0 Å². The van der Waals surface area contributed by atoms with E-state index in [9.17, 15) is 9.90 Å². The van der Waals surface area contributed by atoms with Crippen molar-refractivity contribution in [1.29, 1.82) is 0 Å². The van der Waals surface area contributed by atoms with Crippen LogP contribution in [0.15, 0.2) is 18.3 Å². The Hall–Kier alpha value is -1.62. The van der Waals surface area contributed by atoms with Crippen molar-refractivity contribution in [2.75, 3.05) is 11.9 Å². The molecule has 2 rings (SSSR count). The van der Waals surface area contributed by atoms with Crippen molar-refractivity contribution in [3.05, 3.63) is 23.9 Å². The van der Waals surface area contributed by atoms with Crippen LogP contribution in [0.4, 0.5) is 5.82 Å². The third kappa shape index (κ3) is 2.61. The molecule has 5 heteroatoms. The number of carbonyl (C=O) groups is 1. The zero-order valence-corrected chi connectivity index (χ0v) is 10.5. The number of likely N-dealkylation sites (N-methyl/N-ethyl adjacent to an activating group) is 1. The minimum Gasteiger partial charge on any atom is -0.391 e. The van der Waals surface area contributed by atoms with Gasteiger partial charge in [-0.15, -0.1) is 0 Å². The molecule has 1 aliphatic carbocycles. The van der Waals surface area contributed by atoms with Crippen molar-refractivity contribution in [3.63, 3.8) is 0 Å². The maximum atomic E-state index is 11.0. The summed E-state index contributed by atoms with van der Waals surface area (Å²) in [7, 11) is 1.92. The highest BCUT2D eigenvalue weighted by Crippen LogP contribution is 2.25. The number of aliphatic hydroxyl groups excluding tert-OH is 1. The molecule has 0 aliphatic heterocycles. The molecule has 3 N–H and O–H groups in total. The molecule has 0 aromatic carbocycles. The van der Waals surface area contributed by atoms with Gasteiger partial charge in [0.15, 0.2) is 0 Å². The van der Waals surface area contributed by atoms with Gasteiger partial charge < -0.3 is 15.7 Å². The van der Waals surface area contributed by atoms with E-state index >= 15 is 0 Å². The molecule has 1 aromatic heterocycles. The van der Waals surface area contributed by atoms with E-state index in [1.807, 2.05) is 11.9 Å². The molecule has 5 nitrogen and oxygen atoms in total. The second-order valence-electron chi connectivity index (χ2n) is 4.80. The van der Waals surface area contributed by atoms with E-state index in [-0.39, 0.29) is 12.1 Å². The Morgan fingerprint density at radius 1 is 1.44 bits per heavy atom. The van der Waals surface area contributed by atoms with Gasteiger partial charge in [0.25, 0.3) is 0 Å². The quantitative estimate of drug-likeness (QED) is 0.835. The van der Waals surface area contributed by atoms with Crippen molar-refractivity contribution in [3.8, 4) is 0 Å². The molecule has 0 spiro atoms. The first-order chi connectivity index (χ1) is 8.59. The summed E-state index contributed by atoms with van der Waals surface area (Å²) in [5.41, 5.74) is 5.57. The summed E-state index contributed by atoms with van der Waals surface area (Å²) in [5, 5.41) is 10.00. The predicted molar refractivity (Wildman–Crippen MR) is 69.4 cm³/mol. The summed E-state index contributed by atoms with van der Waals surface area (Å²) in [6, 6.07) is 3.53. The third-order valence-electron chi connectivity index (χ3n) is 3.59. The van der Waals surface area contributed by atoms with Crippen LogP contribution in [0.3, 0.4) is 0 Å². The minimum atomic E-state index is -0.477. The highest BCUT2D eigenvalue weighted by molar-refractivity contribution is 5.92. The van der Waals surface area contributed by atoms with Gasteiger partial charge in [-0.25, -0.2) is 4.98 Å². The number of carbonyl (C=O) groups excluding carboxylic acids is 1. The van der Waals surface area contributed by atoms with E-state index in [2.05, 4.69) is 4.98 Å². The molecule has 0 bridgehead atoms. The number of hydrogen-bond donors (Lipinski definition) is 2. The monoisotopic (exact) mass is 249 g/mol. The van der Waals surface area contributed by atoms with Crippen LogP contribution in [-0.4, -0.2) is 35.2 Å². The first-order valence-corrected chi connectivity index (χ1v) is 6.26. The maximum absolute atomic E-state index is 11.0. The van der Waals surface area contributed by atoms with Gasteiger partial charge in [0.2, 0.25) is 5.91 Å². The highest BCUT2D eigenvalue weighted by atomic mass is 16.3. The van der Waals surface area contributed by atoms with Crippen LogP contribution in [-0.2, 0) is 0 Å². The lowest BCUT2D eigenvalue weighted by atomic mass is 9.91. The molecule has 1 aliphatic rings. The molecule has 0 saturated heterocycles. The molecular formula is C13H19N3O2. The number of pyridine rings is 1. The molecule has 1 aromatic rings. The number of rotatable bonds is 3. The van der Waals surface area contributed by atoms with E-state index in [0.717, 1.165) is 31.5 Å². The van der Waals surface area contributed by atoms with Crippen LogP contribution < -0.4 is 10.6 Å². The van der Waals surface area contributed by atoms with Gasteiger partial charge in [0.1, 0.15) is 5.82 Å². The first kappa shape index (κ1) is 12.8. The second kappa shape index (κ2) is 5.35. The van der Waals surface area contributed by atoms with Crippen LogP contribution in [0.5, 0.6) is 0 Å². The SMILES string of the molecule is CN(c1ccc(C(N)=O)cn1)C1CCCCC1O. The number of nitrogens with two attached hydrogens (primary N) is 1. The van der Waals surface area contributed by atoms with E-state index in [0.29, 0.717) is 5.56 Å². The third-order valence-corrected chi connectivity index (χ3v) is 3.59. The number of aliphatic hydroxyl groups is 1. The largest absolute Gasteiger partial charge is 0.391 e. The number of nitrogens with zero attached hydrogens (tertiary/aromatic N) is 2. The van der Waals surface area contributed by atoms with Gasteiger partial charge in [-0.1, -0.05) is 12.8 Å². The fraction of sp³-hybridized carbons (Fsp3) is 0.538. The summed E-state index contributed by atoms with van der Waals surface area (Å²) in [6.45, 7) is 0. The average Bonchev–Trinajstić information content (AvgIpc) is 2.38. The van der Waals surface area contributed by atoms with Gasteiger partial charge in [-0.2, -0.15) is 0 Å². The number of aromatic nitrogens is 1. The summed E-state index contributed by atoms with van der Waals surface area (Å²) >= 11 is 0. The first-order valence-electron chi connectivity index (χ1n) is 6.26. The van der Waals surface area contributed by atoms with E-state index in [1.54, 1.807) is 12.1 Å². The molecule has 2 atom stereocenters. The number of primary amides is 1. The lowest BCUT2D eigenvalue weighted by Gasteiger charge is -2.35. The van der Waals surface area contributed by atoms with Gasteiger partial charge in [0.05, 0.1) is 17.7 Å². The molecule has 2 unspecified atom stereocenters. The van der Waals surface area contributed by atoms with Crippen LogP contribution >= 0.6 is 0 Å². The lowest BCUT2D eigenvalue weighted by molar-refractivity contribution is 0.0999. The molecule has 1 fully saturated rings. The van der Waals surface area contributed by atoms with E-state index < -0.39 is 5.91 Å². The van der Waals surface area contributed by atoms with Crippen molar-refractivity contribution in [1.82, 2.24) is 4.98 Å². The molecule has 1 amide bonds. The Balaban J connectivity index is 2.12. The van der Waals surface area contributed by atoms with Crippen LogP contribution in [0.2, 0.25) is 0 Å². The van der Waals surface area contributed by atoms with Crippen LogP contribution in [0.25, 0.3) is 0 Å². The minimum absolute atomic E-state index is 0.102. The predicted octanol–water partition coefficient (Wildman–Crippen LogP) is 0.920. The zero-order chi connectivity index (χ0) is 13.1. The summed E-state index contributed by atoms with van der Waals surface area (Å²) < 4.78 is 0. The summed E-state index contributed by atoms with van der Waals surface area (Å²) in [6.07, 6.45) is 5.20. The van der Waals surface area contributed by atoms with Crippen molar-refractivity contribution in [2.24, 2.45) is 5.73 Å². The van der Waals surface area contributed by atoms with E-state index in [4.69, 9.17) is 5.73 Å². The zero-order valence-electron chi connectivity index (χ0n) is 10.5. The summed E-state index contributed by atoms with van der Waals surface area (Å²) in [4.78, 5) is 17.2. The Morgan fingerprint density at radius 2 is 2.17 bits per heavy atom. The Morgan fingerprint density at radius 3 is 2.72 bits per heavy atom. The van der Waals surface area contributed by atoms with Gasteiger partial charge in [0, 0.05) is 13.2 Å². The normalized spacial score (nSPS) is 23.7. The molecule has 0 radical (unpaired) electrons. The van der Waals surface area contributed by atoms with Gasteiger partial charge >= 0.3 is 0 Å². The van der Waals surface area contributed by atoms with Crippen LogP contribution in [0.1, 0.15) is 36.0 Å². The lowest BCUT2D eigenvalue weighted by Crippen LogP contribution is -2.43. The molecular weight excluding hydrogens is 230 g/mol. The van der Waals surface area contributed by atoms with E-state index in [1.165, 1.54) is 6.20 Å². The fourth-order valence-electron chi connectivity index (χ4n) is 2.45. The molecule has 1 saturated carbocycles.